The number of hydrogen-bond acceptors (Lipinski definition) is 5. The van der Waals surface area contributed by atoms with Crippen molar-refractivity contribution in [1.29, 1.82) is 0 Å². The van der Waals surface area contributed by atoms with Gasteiger partial charge in [0.15, 0.2) is 5.13 Å². The molecule has 4 rings (SSSR count). The van der Waals surface area contributed by atoms with E-state index in [9.17, 15) is 9.90 Å². The average molecular weight is 379 g/mol. The van der Waals surface area contributed by atoms with Gasteiger partial charge in [-0.1, -0.05) is 42.5 Å². The summed E-state index contributed by atoms with van der Waals surface area (Å²) in [4.78, 5) is 20.8. The summed E-state index contributed by atoms with van der Waals surface area (Å²) >= 11 is 1.47. The first kappa shape index (κ1) is 17.5. The summed E-state index contributed by atoms with van der Waals surface area (Å²) in [6, 6.07) is 17.0. The van der Waals surface area contributed by atoms with Crippen molar-refractivity contribution in [2.75, 3.05) is 12.3 Å². The molecule has 1 unspecified atom stereocenters. The molecule has 0 radical (unpaired) electrons. The minimum atomic E-state index is -0.262. The number of nitrogen functional groups attached to an aromatic ring is 1. The fourth-order valence-corrected chi connectivity index (χ4v) is 4.42. The summed E-state index contributed by atoms with van der Waals surface area (Å²) < 4.78 is 0. The monoisotopic (exact) mass is 379 g/mol. The van der Waals surface area contributed by atoms with Gasteiger partial charge in [0, 0.05) is 17.8 Å². The van der Waals surface area contributed by atoms with Gasteiger partial charge in [-0.05, 0) is 29.7 Å². The lowest BCUT2D eigenvalue weighted by atomic mass is 9.90. The number of aromatic hydroxyl groups is 1. The lowest BCUT2D eigenvalue weighted by molar-refractivity contribution is -0.133. The van der Waals surface area contributed by atoms with Gasteiger partial charge in [0.2, 0.25) is 5.91 Å². The summed E-state index contributed by atoms with van der Waals surface area (Å²) in [6.07, 6.45) is 1.34. The predicted molar refractivity (Wildman–Crippen MR) is 107 cm³/mol. The fraction of sp³-hybridized carbons (Fsp3) is 0.238. The van der Waals surface area contributed by atoms with Crippen LogP contribution in [0.5, 0.6) is 5.75 Å². The highest BCUT2D eigenvalue weighted by molar-refractivity contribution is 7.15. The van der Waals surface area contributed by atoms with Gasteiger partial charge in [0.25, 0.3) is 0 Å². The van der Waals surface area contributed by atoms with E-state index < -0.39 is 0 Å². The molecular weight excluding hydrogens is 358 g/mol. The number of hydrogen-bond donors (Lipinski definition) is 2. The Labute approximate surface area is 162 Å². The van der Waals surface area contributed by atoms with Crippen LogP contribution in [0.1, 0.15) is 27.6 Å². The number of nitrogens with zero attached hydrogens (tertiary/aromatic N) is 2. The van der Waals surface area contributed by atoms with Gasteiger partial charge < -0.3 is 15.7 Å². The Bertz CT molecular complexity index is 938. The molecule has 0 saturated carbocycles. The van der Waals surface area contributed by atoms with E-state index in [4.69, 9.17) is 5.73 Å². The number of carbonyl (C=O) groups excluding carboxylic acids is 1. The van der Waals surface area contributed by atoms with E-state index in [2.05, 4.69) is 4.98 Å². The third-order valence-corrected chi connectivity index (χ3v) is 5.85. The summed E-state index contributed by atoms with van der Waals surface area (Å²) in [5, 5.41) is 10.1. The van der Waals surface area contributed by atoms with E-state index in [0.29, 0.717) is 24.6 Å². The number of thiazole rings is 1. The van der Waals surface area contributed by atoms with Crippen molar-refractivity contribution in [2.24, 2.45) is 0 Å². The maximum atomic E-state index is 13.4. The van der Waals surface area contributed by atoms with Crippen LogP contribution in [-0.2, 0) is 24.2 Å². The summed E-state index contributed by atoms with van der Waals surface area (Å²) in [5.74, 6) is 0.0853. The van der Waals surface area contributed by atoms with E-state index in [1.54, 1.807) is 12.1 Å². The quantitative estimate of drug-likeness (QED) is 0.729. The second kappa shape index (κ2) is 7.40. The molecule has 27 heavy (non-hydrogen) atoms. The number of carbonyl (C=O) groups is 1. The van der Waals surface area contributed by atoms with E-state index in [0.717, 1.165) is 28.1 Å². The van der Waals surface area contributed by atoms with Crippen LogP contribution >= 0.6 is 11.3 Å². The van der Waals surface area contributed by atoms with Crippen LogP contribution in [0.25, 0.3) is 0 Å². The lowest BCUT2D eigenvalue weighted by Crippen LogP contribution is -2.39. The minimum Gasteiger partial charge on any atom is -0.508 e. The van der Waals surface area contributed by atoms with Crippen LogP contribution in [0, 0.1) is 0 Å². The first-order chi connectivity index (χ1) is 13.1. The van der Waals surface area contributed by atoms with Crippen molar-refractivity contribution in [2.45, 2.75) is 25.3 Å². The highest BCUT2D eigenvalue weighted by atomic mass is 32.1. The van der Waals surface area contributed by atoms with Gasteiger partial charge in [-0.3, -0.25) is 4.79 Å². The van der Waals surface area contributed by atoms with Crippen molar-refractivity contribution in [3.63, 3.8) is 0 Å². The SMILES string of the molecule is Nc1nc2c(s1)CN(C(=O)C(Cc1ccc(O)cc1)c1ccccc1)CC2. The zero-order chi connectivity index (χ0) is 18.8. The smallest absolute Gasteiger partial charge is 0.230 e. The Hall–Kier alpha value is -2.86. The maximum Gasteiger partial charge on any atom is 0.230 e. The molecular formula is C21H21N3O2S. The van der Waals surface area contributed by atoms with E-state index in [1.807, 2.05) is 47.4 Å². The molecule has 0 spiro atoms. The molecule has 0 fully saturated rings. The number of phenols is 1. The van der Waals surface area contributed by atoms with E-state index in [-0.39, 0.29) is 17.6 Å². The largest absolute Gasteiger partial charge is 0.508 e. The molecule has 1 amide bonds. The zero-order valence-corrected chi connectivity index (χ0v) is 15.7. The normalized spacial score (nSPS) is 14.6. The molecule has 1 aromatic heterocycles. The van der Waals surface area contributed by atoms with E-state index >= 15 is 0 Å². The van der Waals surface area contributed by atoms with Crippen molar-refractivity contribution < 1.29 is 9.90 Å². The van der Waals surface area contributed by atoms with Crippen LogP contribution in [0.2, 0.25) is 0 Å². The third-order valence-electron chi connectivity index (χ3n) is 4.94. The first-order valence-electron chi connectivity index (χ1n) is 8.96. The van der Waals surface area contributed by atoms with Crippen LogP contribution in [0.15, 0.2) is 54.6 Å². The minimum absolute atomic E-state index is 0.117. The highest BCUT2D eigenvalue weighted by Gasteiger charge is 2.30. The summed E-state index contributed by atoms with van der Waals surface area (Å²) in [5.41, 5.74) is 8.88. The number of amides is 1. The van der Waals surface area contributed by atoms with Crippen molar-refractivity contribution in [3.05, 3.63) is 76.3 Å². The molecule has 3 aromatic rings. The number of anilines is 1. The summed E-state index contributed by atoms with van der Waals surface area (Å²) in [7, 11) is 0. The van der Waals surface area contributed by atoms with Gasteiger partial charge >= 0.3 is 0 Å². The third kappa shape index (κ3) is 3.80. The Balaban J connectivity index is 1.60. The number of nitrogens with two attached hydrogens (primary N) is 1. The van der Waals surface area contributed by atoms with Crippen molar-refractivity contribution in [3.8, 4) is 5.75 Å². The topological polar surface area (TPSA) is 79.5 Å². The lowest BCUT2D eigenvalue weighted by Gasteiger charge is -2.30. The molecule has 1 aliphatic heterocycles. The Morgan fingerprint density at radius 1 is 1.19 bits per heavy atom. The number of rotatable bonds is 4. The molecule has 5 nitrogen and oxygen atoms in total. The van der Waals surface area contributed by atoms with Gasteiger partial charge in [-0.15, -0.1) is 11.3 Å². The van der Waals surface area contributed by atoms with Gasteiger partial charge in [0.05, 0.1) is 18.2 Å². The molecule has 2 heterocycles. The van der Waals surface area contributed by atoms with Gasteiger partial charge in [-0.25, -0.2) is 4.98 Å². The van der Waals surface area contributed by atoms with Crippen LogP contribution < -0.4 is 5.73 Å². The maximum absolute atomic E-state index is 13.4. The Morgan fingerprint density at radius 3 is 2.67 bits per heavy atom. The van der Waals surface area contributed by atoms with Crippen LogP contribution in [-0.4, -0.2) is 27.4 Å². The first-order valence-corrected chi connectivity index (χ1v) is 9.77. The fourth-order valence-electron chi connectivity index (χ4n) is 3.52. The Kier molecular flexibility index (Phi) is 4.81. The van der Waals surface area contributed by atoms with Crippen LogP contribution in [0.4, 0.5) is 5.13 Å². The molecule has 1 atom stereocenters. The molecule has 1 aliphatic rings. The summed E-state index contributed by atoms with van der Waals surface area (Å²) in [6.45, 7) is 1.23. The number of aromatic nitrogens is 1. The van der Waals surface area contributed by atoms with Gasteiger partial charge in [0.1, 0.15) is 5.75 Å². The Morgan fingerprint density at radius 2 is 1.93 bits per heavy atom. The van der Waals surface area contributed by atoms with Crippen molar-refractivity contribution in [1.82, 2.24) is 9.88 Å². The number of phenolic OH excluding ortho intramolecular Hbond substituents is 1. The second-order valence-corrected chi connectivity index (χ2v) is 7.88. The van der Waals surface area contributed by atoms with E-state index in [1.165, 1.54) is 11.3 Å². The second-order valence-electron chi connectivity index (χ2n) is 6.77. The number of benzene rings is 2. The molecule has 0 saturated heterocycles. The predicted octanol–water partition coefficient (Wildman–Crippen LogP) is 3.34. The molecule has 0 bridgehead atoms. The molecule has 138 valence electrons. The molecule has 6 heteroatoms. The van der Waals surface area contributed by atoms with Crippen LogP contribution in [0.3, 0.4) is 0 Å². The highest BCUT2D eigenvalue weighted by Crippen LogP contribution is 2.30. The van der Waals surface area contributed by atoms with Gasteiger partial charge in [-0.2, -0.15) is 0 Å². The molecule has 0 aliphatic carbocycles. The number of fused-ring (bicyclic) bond motifs is 1. The molecule has 2 aromatic carbocycles. The molecule has 3 N–H and O–H groups in total. The average Bonchev–Trinajstić information content (AvgIpc) is 3.07. The standard InChI is InChI=1S/C21H21N3O2S/c22-21-23-18-10-11-24(13-19(18)27-21)20(26)17(15-4-2-1-3-5-15)12-14-6-8-16(25)9-7-14/h1-9,17,25H,10-13H2,(H2,22,23). The zero-order valence-electron chi connectivity index (χ0n) is 14.8. The van der Waals surface area contributed by atoms with Crippen molar-refractivity contribution >= 4 is 22.4 Å².